The summed E-state index contributed by atoms with van der Waals surface area (Å²) < 4.78 is 10.8. The minimum Gasteiger partial charge on any atom is -0.493 e. The Labute approximate surface area is 185 Å². The van der Waals surface area contributed by atoms with E-state index in [4.69, 9.17) is 9.47 Å². The molecule has 5 rings (SSSR count). The summed E-state index contributed by atoms with van der Waals surface area (Å²) in [5.74, 6) is 2.11. The monoisotopic (exact) mass is 425 g/mol. The molecule has 2 N–H and O–H groups in total. The van der Waals surface area contributed by atoms with E-state index in [0.717, 1.165) is 46.3 Å². The number of aromatic amines is 1. The molecule has 0 aliphatic carbocycles. The van der Waals surface area contributed by atoms with Gasteiger partial charge in [0, 0.05) is 52.4 Å². The molecule has 0 saturated carbocycles. The fourth-order valence-corrected chi connectivity index (χ4v) is 3.94. The number of fused-ring (bicyclic) bond motifs is 2. The number of anilines is 1. The molecular weight excluding hydrogens is 402 g/mol. The zero-order valence-corrected chi connectivity index (χ0v) is 17.9. The van der Waals surface area contributed by atoms with Gasteiger partial charge in [-0.3, -0.25) is 0 Å². The minimum atomic E-state index is 0.624. The molecule has 0 spiro atoms. The quantitative estimate of drug-likeness (QED) is 0.388. The molecule has 2 aromatic carbocycles. The second-order valence-corrected chi connectivity index (χ2v) is 7.45. The van der Waals surface area contributed by atoms with Gasteiger partial charge in [0.1, 0.15) is 5.82 Å². The van der Waals surface area contributed by atoms with Crippen LogP contribution in [0.5, 0.6) is 11.5 Å². The third-order valence-electron chi connectivity index (χ3n) is 5.59. The maximum absolute atomic E-state index is 5.45. The van der Waals surface area contributed by atoms with Crippen molar-refractivity contribution in [2.24, 2.45) is 0 Å². The van der Waals surface area contributed by atoms with Crippen LogP contribution in [-0.2, 0) is 6.42 Å². The highest BCUT2D eigenvalue weighted by atomic mass is 16.5. The molecule has 0 aliphatic rings. The lowest BCUT2D eigenvalue weighted by Gasteiger charge is -2.11. The maximum Gasteiger partial charge on any atom is 0.162 e. The molecule has 32 heavy (non-hydrogen) atoms. The number of ether oxygens (including phenoxy) is 2. The largest absolute Gasteiger partial charge is 0.493 e. The highest BCUT2D eigenvalue weighted by Crippen LogP contribution is 2.35. The van der Waals surface area contributed by atoms with Crippen LogP contribution in [0.1, 0.15) is 5.56 Å². The van der Waals surface area contributed by atoms with E-state index in [0.29, 0.717) is 11.5 Å². The summed E-state index contributed by atoms with van der Waals surface area (Å²) in [6.07, 6.45) is 6.58. The van der Waals surface area contributed by atoms with Gasteiger partial charge >= 0.3 is 0 Å². The smallest absolute Gasteiger partial charge is 0.162 e. The molecule has 3 heterocycles. The van der Waals surface area contributed by atoms with Crippen LogP contribution < -0.4 is 14.8 Å². The number of pyridine rings is 1. The van der Waals surface area contributed by atoms with Gasteiger partial charge in [0.15, 0.2) is 11.5 Å². The van der Waals surface area contributed by atoms with Gasteiger partial charge in [-0.15, -0.1) is 0 Å². The fourth-order valence-electron chi connectivity index (χ4n) is 3.94. The normalized spacial score (nSPS) is 11.1. The predicted octanol–water partition coefficient (Wildman–Crippen LogP) is 4.84. The zero-order valence-electron chi connectivity index (χ0n) is 17.9. The van der Waals surface area contributed by atoms with Gasteiger partial charge in [0.05, 0.1) is 25.9 Å². The average molecular weight is 425 g/mol. The molecule has 5 aromatic rings. The van der Waals surface area contributed by atoms with Gasteiger partial charge in [0.25, 0.3) is 0 Å². The van der Waals surface area contributed by atoms with Crippen molar-refractivity contribution < 1.29 is 9.47 Å². The molecule has 0 radical (unpaired) electrons. The molecular formula is C25H23N5O2. The summed E-state index contributed by atoms with van der Waals surface area (Å²) in [5, 5.41) is 14.0. The Morgan fingerprint density at radius 3 is 2.59 bits per heavy atom. The number of rotatable bonds is 7. The summed E-state index contributed by atoms with van der Waals surface area (Å²) >= 11 is 0. The van der Waals surface area contributed by atoms with E-state index in [2.05, 4.69) is 49.9 Å². The highest BCUT2D eigenvalue weighted by Gasteiger charge is 2.12. The number of benzene rings is 2. The molecule has 7 nitrogen and oxygen atoms in total. The SMILES string of the molecule is COc1cc2nncc(-c3ccc(NCCc4c[nH]c5ccccc45)nc3)c2cc1OC. The lowest BCUT2D eigenvalue weighted by atomic mass is 10.0. The number of para-hydroxylation sites is 1. The standard InChI is InChI=1S/C25H23N5O2/c1-31-23-11-19-20(15-29-30-22(19)12-24(23)32-2)16-7-8-25(28-14-16)26-10-9-17-13-27-21-6-4-3-5-18(17)21/h3-8,11-15,27H,9-10H2,1-2H3,(H,26,28). The highest BCUT2D eigenvalue weighted by molar-refractivity contribution is 5.95. The van der Waals surface area contributed by atoms with Crippen molar-refractivity contribution in [3.63, 3.8) is 0 Å². The van der Waals surface area contributed by atoms with E-state index < -0.39 is 0 Å². The summed E-state index contributed by atoms with van der Waals surface area (Å²) in [6.45, 7) is 0.797. The van der Waals surface area contributed by atoms with E-state index >= 15 is 0 Å². The summed E-state index contributed by atoms with van der Waals surface area (Å²) in [4.78, 5) is 7.92. The number of nitrogens with zero attached hydrogens (tertiary/aromatic N) is 3. The topological polar surface area (TPSA) is 85.0 Å². The molecule has 0 saturated heterocycles. The van der Waals surface area contributed by atoms with Crippen LogP contribution in [0.15, 0.2) is 67.1 Å². The first kappa shape index (κ1) is 19.8. The second-order valence-electron chi connectivity index (χ2n) is 7.45. The van der Waals surface area contributed by atoms with Crippen LogP contribution in [0.2, 0.25) is 0 Å². The molecule has 7 heteroatoms. The van der Waals surface area contributed by atoms with Gasteiger partial charge in [0.2, 0.25) is 0 Å². The molecule has 0 aliphatic heterocycles. The van der Waals surface area contributed by atoms with E-state index in [9.17, 15) is 0 Å². The van der Waals surface area contributed by atoms with Gasteiger partial charge < -0.3 is 19.8 Å². The summed E-state index contributed by atoms with van der Waals surface area (Å²) in [5.41, 5.74) is 5.09. The lowest BCUT2D eigenvalue weighted by Crippen LogP contribution is -2.05. The van der Waals surface area contributed by atoms with Crippen LogP contribution in [0.3, 0.4) is 0 Å². The Morgan fingerprint density at radius 1 is 0.938 bits per heavy atom. The first-order valence-electron chi connectivity index (χ1n) is 10.4. The Balaban J connectivity index is 1.34. The predicted molar refractivity (Wildman–Crippen MR) is 126 cm³/mol. The van der Waals surface area contributed by atoms with Gasteiger partial charge in [-0.2, -0.15) is 10.2 Å². The van der Waals surface area contributed by atoms with Crippen molar-refractivity contribution in [3.05, 3.63) is 72.7 Å². The van der Waals surface area contributed by atoms with E-state index in [1.165, 1.54) is 10.9 Å². The van der Waals surface area contributed by atoms with Crippen molar-refractivity contribution in [1.82, 2.24) is 20.2 Å². The Kier molecular flexibility index (Phi) is 5.29. The number of methoxy groups -OCH3 is 2. The van der Waals surface area contributed by atoms with Crippen molar-refractivity contribution in [1.29, 1.82) is 0 Å². The first-order valence-corrected chi connectivity index (χ1v) is 10.4. The molecule has 0 unspecified atom stereocenters. The Hall–Kier alpha value is -4.13. The fraction of sp³-hybridized carbons (Fsp3) is 0.160. The van der Waals surface area contributed by atoms with Crippen molar-refractivity contribution in [2.75, 3.05) is 26.1 Å². The molecule has 3 aromatic heterocycles. The van der Waals surface area contributed by atoms with Crippen molar-refractivity contribution in [2.45, 2.75) is 6.42 Å². The van der Waals surface area contributed by atoms with Gasteiger partial charge in [-0.25, -0.2) is 4.98 Å². The van der Waals surface area contributed by atoms with Crippen LogP contribution in [0, 0.1) is 0 Å². The van der Waals surface area contributed by atoms with E-state index in [-0.39, 0.29) is 0 Å². The van der Waals surface area contributed by atoms with Crippen LogP contribution >= 0.6 is 0 Å². The molecule has 0 atom stereocenters. The number of H-pyrrole nitrogens is 1. The van der Waals surface area contributed by atoms with Gasteiger partial charge in [-0.1, -0.05) is 18.2 Å². The van der Waals surface area contributed by atoms with Crippen molar-refractivity contribution >= 4 is 27.6 Å². The first-order chi connectivity index (χ1) is 15.8. The van der Waals surface area contributed by atoms with Crippen LogP contribution in [0.4, 0.5) is 5.82 Å². The lowest BCUT2D eigenvalue weighted by molar-refractivity contribution is 0.356. The van der Waals surface area contributed by atoms with Crippen LogP contribution in [-0.4, -0.2) is 40.9 Å². The minimum absolute atomic E-state index is 0.624. The van der Waals surface area contributed by atoms with Gasteiger partial charge in [-0.05, 0) is 36.2 Å². The summed E-state index contributed by atoms with van der Waals surface area (Å²) in [6, 6.07) is 16.1. The third kappa shape index (κ3) is 3.69. The maximum atomic E-state index is 5.45. The van der Waals surface area contributed by atoms with E-state index in [1.807, 2.05) is 36.5 Å². The van der Waals surface area contributed by atoms with Crippen LogP contribution in [0.25, 0.3) is 32.9 Å². The van der Waals surface area contributed by atoms with E-state index in [1.54, 1.807) is 20.4 Å². The Bertz CT molecular complexity index is 1380. The number of aromatic nitrogens is 4. The summed E-state index contributed by atoms with van der Waals surface area (Å²) in [7, 11) is 3.23. The molecule has 0 bridgehead atoms. The second kappa shape index (κ2) is 8.55. The molecule has 0 amide bonds. The average Bonchev–Trinajstić information content (AvgIpc) is 3.26. The number of nitrogens with one attached hydrogen (secondary N) is 2. The van der Waals surface area contributed by atoms with Crippen molar-refractivity contribution in [3.8, 4) is 22.6 Å². The Morgan fingerprint density at radius 2 is 1.78 bits per heavy atom. The molecule has 160 valence electrons. The molecule has 0 fully saturated rings. The number of hydrogen-bond donors (Lipinski definition) is 2. The number of hydrogen-bond acceptors (Lipinski definition) is 6. The zero-order chi connectivity index (χ0) is 21.9. The third-order valence-corrected chi connectivity index (χ3v) is 5.59.